The van der Waals surface area contributed by atoms with E-state index in [9.17, 15) is 4.39 Å². The molecule has 0 spiro atoms. The van der Waals surface area contributed by atoms with Crippen molar-refractivity contribution in [1.29, 1.82) is 0 Å². The first-order valence-corrected chi connectivity index (χ1v) is 6.80. The number of rotatable bonds is 3. The summed E-state index contributed by atoms with van der Waals surface area (Å²) in [5.41, 5.74) is 8.06. The molecule has 2 N–H and O–H groups in total. The minimum absolute atomic E-state index is 0.127. The third kappa shape index (κ3) is 2.88. The smallest absolute Gasteiger partial charge is 0.141 e. The molecule has 0 fully saturated rings. The molecular formula is C13H14ClFN2S. The van der Waals surface area contributed by atoms with E-state index in [4.69, 9.17) is 17.3 Å². The van der Waals surface area contributed by atoms with Crippen LogP contribution in [-0.4, -0.2) is 4.98 Å². The lowest BCUT2D eigenvalue weighted by Gasteiger charge is -2.10. The van der Waals surface area contributed by atoms with Gasteiger partial charge in [-0.15, -0.1) is 11.3 Å². The quantitative estimate of drug-likeness (QED) is 0.931. The molecule has 1 aromatic heterocycles. The highest BCUT2D eigenvalue weighted by Gasteiger charge is 2.14. The number of nitrogens with zero attached hydrogens (tertiary/aromatic N) is 1. The highest BCUT2D eigenvalue weighted by Crippen LogP contribution is 2.26. The van der Waals surface area contributed by atoms with Crippen molar-refractivity contribution in [2.45, 2.75) is 26.3 Å². The van der Waals surface area contributed by atoms with Crippen LogP contribution in [0.15, 0.2) is 18.2 Å². The summed E-state index contributed by atoms with van der Waals surface area (Å²) in [5.74, 6) is -0.404. The largest absolute Gasteiger partial charge is 0.323 e. The van der Waals surface area contributed by atoms with Gasteiger partial charge in [0.15, 0.2) is 0 Å². The maximum atomic E-state index is 13.1. The van der Waals surface area contributed by atoms with Gasteiger partial charge >= 0.3 is 0 Å². The topological polar surface area (TPSA) is 38.9 Å². The summed E-state index contributed by atoms with van der Waals surface area (Å²) >= 11 is 7.36. The maximum absolute atomic E-state index is 13.1. The molecule has 2 nitrogen and oxygen atoms in total. The Kier molecular flexibility index (Phi) is 4.00. The Bertz CT molecular complexity index is 568. The fourth-order valence-corrected chi connectivity index (χ4v) is 3.04. The summed E-state index contributed by atoms with van der Waals surface area (Å²) < 4.78 is 13.1. The SMILES string of the molecule is Cc1nc(C)c(C(N)Cc2ccc(F)c(Cl)c2)s1. The molecule has 2 rings (SSSR count). The van der Waals surface area contributed by atoms with Crippen molar-refractivity contribution in [2.24, 2.45) is 5.73 Å². The van der Waals surface area contributed by atoms with Gasteiger partial charge in [0.05, 0.1) is 15.7 Å². The van der Waals surface area contributed by atoms with E-state index in [1.165, 1.54) is 6.07 Å². The predicted molar refractivity (Wildman–Crippen MR) is 73.6 cm³/mol. The fourth-order valence-electron chi connectivity index (χ4n) is 1.90. The number of hydrogen-bond donors (Lipinski definition) is 1. The second-order valence-corrected chi connectivity index (χ2v) is 5.88. The molecule has 1 unspecified atom stereocenters. The van der Waals surface area contributed by atoms with Crippen LogP contribution in [0.1, 0.15) is 27.2 Å². The van der Waals surface area contributed by atoms with Crippen LogP contribution < -0.4 is 5.73 Å². The Morgan fingerprint density at radius 3 is 2.72 bits per heavy atom. The van der Waals surface area contributed by atoms with Crippen molar-refractivity contribution < 1.29 is 4.39 Å². The van der Waals surface area contributed by atoms with E-state index in [0.29, 0.717) is 6.42 Å². The number of hydrogen-bond acceptors (Lipinski definition) is 3. The summed E-state index contributed by atoms with van der Waals surface area (Å²) in [4.78, 5) is 5.43. The molecule has 0 saturated heterocycles. The number of aromatic nitrogens is 1. The molecule has 0 saturated carbocycles. The first-order valence-electron chi connectivity index (χ1n) is 5.61. The second kappa shape index (κ2) is 5.34. The molecule has 0 aliphatic heterocycles. The molecule has 1 atom stereocenters. The summed E-state index contributed by atoms with van der Waals surface area (Å²) in [7, 11) is 0. The number of aryl methyl sites for hydroxylation is 2. The molecule has 18 heavy (non-hydrogen) atoms. The molecule has 0 bridgehead atoms. The summed E-state index contributed by atoms with van der Waals surface area (Å²) in [5, 5.41) is 1.15. The van der Waals surface area contributed by atoms with Crippen LogP contribution in [-0.2, 0) is 6.42 Å². The van der Waals surface area contributed by atoms with Crippen molar-refractivity contribution in [3.05, 3.63) is 50.2 Å². The van der Waals surface area contributed by atoms with E-state index < -0.39 is 5.82 Å². The summed E-state index contributed by atoms with van der Waals surface area (Å²) in [6.07, 6.45) is 0.627. The number of benzene rings is 1. The second-order valence-electron chi connectivity index (χ2n) is 4.24. The Labute approximate surface area is 115 Å². The highest BCUT2D eigenvalue weighted by atomic mass is 35.5. The van der Waals surface area contributed by atoms with E-state index >= 15 is 0 Å². The molecule has 0 aliphatic carbocycles. The minimum atomic E-state index is -0.404. The van der Waals surface area contributed by atoms with E-state index in [1.807, 2.05) is 13.8 Å². The maximum Gasteiger partial charge on any atom is 0.141 e. The summed E-state index contributed by atoms with van der Waals surface area (Å²) in [6, 6.07) is 4.58. The number of nitrogens with two attached hydrogens (primary N) is 1. The zero-order valence-electron chi connectivity index (χ0n) is 10.2. The van der Waals surface area contributed by atoms with E-state index in [0.717, 1.165) is 21.1 Å². The summed E-state index contributed by atoms with van der Waals surface area (Å²) in [6.45, 7) is 3.92. The average molecular weight is 285 g/mol. The zero-order valence-corrected chi connectivity index (χ0v) is 11.8. The van der Waals surface area contributed by atoms with Crippen LogP contribution >= 0.6 is 22.9 Å². The highest BCUT2D eigenvalue weighted by molar-refractivity contribution is 7.11. The molecule has 1 heterocycles. The van der Waals surface area contributed by atoms with E-state index in [-0.39, 0.29) is 11.1 Å². The molecule has 0 aliphatic rings. The molecule has 0 radical (unpaired) electrons. The van der Waals surface area contributed by atoms with Crippen LogP contribution in [0.25, 0.3) is 0 Å². The zero-order chi connectivity index (χ0) is 13.3. The normalized spacial score (nSPS) is 12.7. The van der Waals surface area contributed by atoms with Crippen LogP contribution in [0.5, 0.6) is 0 Å². The van der Waals surface area contributed by atoms with Gasteiger partial charge in [0.25, 0.3) is 0 Å². The van der Waals surface area contributed by atoms with Gasteiger partial charge in [0.1, 0.15) is 5.82 Å². The van der Waals surface area contributed by atoms with Gasteiger partial charge in [-0.05, 0) is 38.0 Å². The molecular weight excluding hydrogens is 271 g/mol. The van der Waals surface area contributed by atoms with Crippen LogP contribution in [0.2, 0.25) is 5.02 Å². The van der Waals surface area contributed by atoms with Crippen molar-refractivity contribution in [1.82, 2.24) is 4.98 Å². The molecule has 96 valence electrons. The Morgan fingerprint density at radius 1 is 1.44 bits per heavy atom. The third-order valence-corrected chi connectivity index (χ3v) is 4.21. The molecule has 2 aromatic rings. The Balaban J connectivity index is 2.18. The Hall–Kier alpha value is -0.970. The van der Waals surface area contributed by atoms with Crippen LogP contribution in [0, 0.1) is 19.7 Å². The Morgan fingerprint density at radius 2 is 2.17 bits per heavy atom. The lowest BCUT2D eigenvalue weighted by molar-refractivity contribution is 0.626. The molecule has 1 aromatic carbocycles. The van der Waals surface area contributed by atoms with Gasteiger partial charge in [0, 0.05) is 10.9 Å². The van der Waals surface area contributed by atoms with Gasteiger partial charge in [-0.3, -0.25) is 0 Å². The lowest BCUT2D eigenvalue weighted by atomic mass is 10.0. The van der Waals surface area contributed by atoms with Gasteiger partial charge < -0.3 is 5.73 Å². The van der Waals surface area contributed by atoms with Crippen molar-refractivity contribution in [3.63, 3.8) is 0 Å². The fraction of sp³-hybridized carbons (Fsp3) is 0.308. The number of thiazole rings is 1. The predicted octanol–water partition coefficient (Wildman–Crippen LogP) is 3.79. The van der Waals surface area contributed by atoms with Crippen LogP contribution in [0.4, 0.5) is 4.39 Å². The van der Waals surface area contributed by atoms with E-state index in [1.54, 1.807) is 23.5 Å². The van der Waals surface area contributed by atoms with Crippen molar-refractivity contribution >= 4 is 22.9 Å². The van der Waals surface area contributed by atoms with Gasteiger partial charge in [-0.25, -0.2) is 9.37 Å². The first-order chi connectivity index (χ1) is 8.47. The monoisotopic (exact) mass is 284 g/mol. The van der Waals surface area contributed by atoms with Gasteiger partial charge in [-0.2, -0.15) is 0 Å². The number of halogens is 2. The van der Waals surface area contributed by atoms with Crippen molar-refractivity contribution in [3.8, 4) is 0 Å². The van der Waals surface area contributed by atoms with Gasteiger partial charge in [0.2, 0.25) is 0 Å². The molecule has 5 heteroatoms. The lowest BCUT2D eigenvalue weighted by Crippen LogP contribution is -2.13. The van der Waals surface area contributed by atoms with E-state index in [2.05, 4.69) is 4.98 Å². The van der Waals surface area contributed by atoms with Crippen LogP contribution in [0.3, 0.4) is 0 Å². The minimum Gasteiger partial charge on any atom is -0.323 e. The van der Waals surface area contributed by atoms with Crippen molar-refractivity contribution in [2.75, 3.05) is 0 Å². The average Bonchev–Trinajstić information content (AvgIpc) is 2.63. The third-order valence-electron chi connectivity index (χ3n) is 2.72. The standard InChI is InChI=1S/C13H14ClFN2S/c1-7-13(18-8(2)17-7)12(16)6-9-3-4-11(15)10(14)5-9/h3-5,12H,6,16H2,1-2H3. The molecule has 0 amide bonds. The van der Waals surface area contributed by atoms with Gasteiger partial charge in [-0.1, -0.05) is 17.7 Å². The first kappa shape index (κ1) is 13.5.